The van der Waals surface area contributed by atoms with Gasteiger partial charge in [-0.15, -0.1) is 0 Å². The van der Waals surface area contributed by atoms with Crippen LogP contribution in [0.4, 0.5) is 4.39 Å². The van der Waals surface area contributed by atoms with Crippen molar-refractivity contribution in [1.29, 1.82) is 0 Å². The Morgan fingerprint density at radius 3 is 2.30 bits per heavy atom. The number of aliphatic hydroxyl groups excluding tert-OH is 2. The molecule has 0 aliphatic heterocycles. The van der Waals surface area contributed by atoms with Gasteiger partial charge in [0.2, 0.25) is 0 Å². The number of aliphatic hydroxyl groups is 2. The van der Waals surface area contributed by atoms with E-state index in [1.165, 1.54) is 0 Å². The van der Waals surface area contributed by atoms with E-state index in [1.807, 2.05) is 6.92 Å². The van der Waals surface area contributed by atoms with E-state index in [4.69, 9.17) is 10.2 Å². The molecule has 0 aromatic rings. The molecule has 0 aliphatic rings. The van der Waals surface area contributed by atoms with Gasteiger partial charge >= 0.3 is 0 Å². The van der Waals surface area contributed by atoms with E-state index in [-0.39, 0.29) is 19.2 Å². The van der Waals surface area contributed by atoms with Gasteiger partial charge in [-0.2, -0.15) is 0 Å². The monoisotopic (exact) mass is 292 g/mol. The van der Waals surface area contributed by atoms with Crippen molar-refractivity contribution in [2.24, 2.45) is 11.8 Å². The smallest absolute Gasteiger partial charge is 0.102 e. The highest BCUT2D eigenvalue weighted by Crippen LogP contribution is 2.14. The summed E-state index contributed by atoms with van der Waals surface area (Å²) in [5, 5.41) is 21.2. The largest absolute Gasteiger partial charge is 0.395 e. The van der Waals surface area contributed by atoms with Gasteiger partial charge in [-0.3, -0.25) is 9.71 Å². The first-order chi connectivity index (χ1) is 9.49. The van der Waals surface area contributed by atoms with Crippen molar-refractivity contribution >= 4 is 0 Å². The van der Waals surface area contributed by atoms with E-state index in [0.29, 0.717) is 12.5 Å². The molecule has 0 fully saturated rings. The highest BCUT2D eigenvalue weighted by molar-refractivity contribution is 4.65. The minimum absolute atomic E-state index is 0.152. The Hall–Kier alpha value is -0.230. The maximum atomic E-state index is 12.4. The van der Waals surface area contributed by atoms with Gasteiger partial charge in [0.1, 0.15) is 6.23 Å². The van der Waals surface area contributed by atoms with Crippen LogP contribution in [0.5, 0.6) is 0 Å². The lowest BCUT2D eigenvalue weighted by Gasteiger charge is -2.25. The number of alkyl halides is 1. The van der Waals surface area contributed by atoms with E-state index in [2.05, 4.69) is 17.1 Å². The second kappa shape index (κ2) is 12.5. The van der Waals surface area contributed by atoms with Crippen molar-refractivity contribution < 1.29 is 14.6 Å². The van der Waals surface area contributed by atoms with Crippen LogP contribution in [0, 0.1) is 11.8 Å². The van der Waals surface area contributed by atoms with Crippen LogP contribution in [0.3, 0.4) is 0 Å². The van der Waals surface area contributed by atoms with Crippen molar-refractivity contribution in [2.45, 2.75) is 46.3 Å². The molecule has 0 spiro atoms. The molecular formula is C15H33FN2O2. The second-order valence-electron chi connectivity index (χ2n) is 5.95. The number of nitrogens with zero attached hydrogens (tertiary/aromatic N) is 1. The zero-order valence-corrected chi connectivity index (χ0v) is 13.3. The fraction of sp³-hybridized carbons (Fsp3) is 1.00. The lowest BCUT2D eigenvalue weighted by atomic mass is 9.98. The van der Waals surface area contributed by atoms with E-state index in [9.17, 15) is 4.39 Å². The topological polar surface area (TPSA) is 55.7 Å². The fourth-order valence-electron chi connectivity index (χ4n) is 2.23. The van der Waals surface area contributed by atoms with E-state index >= 15 is 0 Å². The Morgan fingerprint density at radius 2 is 1.75 bits per heavy atom. The van der Waals surface area contributed by atoms with Crippen molar-refractivity contribution in [1.82, 2.24) is 10.2 Å². The molecule has 0 bridgehead atoms. The summed E-state index contributed by atoms with van der Waals surface area (Å²) in [6.07, 6.45) is 2.42. The molecule has 0 aromatic heterocycles. The Bertz CT molecular complexity index is 218. The summed E-state index contributed by atoms with van der Waals surface area (Å²) in [5.41, 5.74) is 0. The van der Waals surface area contributed by atoms with Crippen LogP contribution < -0.4 is 5.32 Å². The summed E-state index contributed by atoms with van der Waals surface area (Å²) in [4.78, 5) is 2.24. The summed E-state index contributed by atoms with van der Waals surface area (Å²) in [6.45, 7) is 9.06. The maximum Gasteiger partial charge on any atom is 0.102 e. The van der Waals surface area contributed by atoms with Gasteiger partial charge in [0.15, 0.2) is 0 Å². The summed E-state index contributed by atoms with van der Waals surface area (Å²) >= 11 is 0. The molecule has 4 nitrogen and oxygen atoms in total. The first kappa shape index (κ1) is 19.8. The number of hydrogen-bond donors (Lipinski definition) is 3. The van der Waals surface area contributed by atoms with Crippen LogP contribution >= 0.6 is 0 Å². The van der Waals surface area contributed by atoms with Crippen molar-refractivity contribution in [3.05, 3.63) is 0 Å². The van der Waals surface area contributed by atoms with Crippen molar-refractivity contribution in [2.75, 3.05) is 39.5 Å². The number of nitrogens with one attached hydrogen (secondary N) is 1. The second-order valence-corrected chi connectivity index (χ2v) is 5.95. The SMILES string of the molecule is CC(O)NCCCN(CCO)C[C@@H](C)CC[C@H](C)CF. The van der Waals surface area contributed by atoms with E-state index < -0.39 is 6.23 Å². The van der Waals surface area contributed by atoms with Gasteiger partial charge in [-0.25, -0.2) is 0 Å². The van der Waals surface area contributed by atoms with E-state index in [1.54, 1.807) is 6.92 Å². The molecule has 0 heterocycles. The van der Waals surface area contributed by atoms with Crippen LogP contribution in [0.1, 0.15) is 40.0 Å². The lowest BCUT2D eigenvalue weighted by Crippen LogP contribution is -2.35. The lowest BCUT2D eigenvalue weighted by molar-refractivity contribution is 0.146. The molecule has 1 unspecified atom stereocenters. The third kappa shape index (κ3) is 11.6. The molecule has 0 amide bonds. The Kier molecular flexibility index (Phi) is 12.4. The average Bonchev–Trinajstić information content (AvgIpc) is 2.40. The molecule has 20 heavy (non-hydrogen) atoms. The summed E-state index contributed by atoms with van der Waals surface area (Å²) in [5.74, 6) is 0.666. The molecular weight excluding hydrogens is 259 g/mol. The van der Waals surface area contributed by atoms with Gasteiger partial charge < -0.3 is 15.1 Å². The van der Waals surface area contributed by atoms with Gasteiger partial charge in [0.25, 0.3) is 0 Å². The van der Waals surface area contributed by atoms with E-state index in [0.717, 1.165) is 38.9 Å². The Labute approximate surface area is 123 Å². The molecule has 0 aromatic carbocycles. The molecule has 0 saturated carbocycles. The number of hydrogen-bond acceptors (Lipinski definition) is 4. The molecule has 0 rings (SSSR count). The first-order valence-corrected chi connectivity index (χ1v) is 7.80. The zero-order valence-electron chi connectivity index (χ0n) is 13.3. The molecule has 3 N–H and O–H groups in total. The van der Waals surface area contributed by atoms with Gasteiger partial charge in [0, 0.05) is 13.1 Å². The van der Waals surface area contributed by atoms with Crippen molar-refractivity contribution in [3.8, 4) is 0 Å². The Morgan fingerprint density at radius 1 is 1.10 bits per heavy atom. The number of rotatable bonds is 13. The zero-order chi connectivity index (χ0) is 15.4. The third-order valence-corrected chi connectivity index (χ3v) is 3.49. The molecule has 122 valence electrons. The molecule has 3 atom stereocenters. The number of halogens is 1. The predicted octanol–water partition coefficient (Wildman–Crippen LogP) is 1.62. The van der Waals surface area contributed by atoms with Crippen molar-refractivity contribution in [3.63, 3.8) is 0 Å². The molecule has 0 aliphatic carbocycles. The first-order valence-electron chi connectivity index (χ1n) is 7.80. The highest BCUT2D eigenvalue weighted by atomic mass is 19.1. The molecule has 0 saturated heterocycles. The summed E-state index contributed by atoms with van der Waals surface area (Å²) < 4.78 is 12.4. The third-order valence-electron chi connectivity index (χ3n) is 3.49. The van der Waals surface area contributed by atoms with Gasteiger partial charge in [-0.05, 0) is 51.1 Å². The Balaban J connectivity index is 3.87. The standard InChI is InChI=1S/C15H33FN2O2/c1-13(11-16)5-6-14(2)12-18(9-10-19)8-4-7-17-15(3)20/h13-15,17,19-20H,4-12H2,1-3H3/t13-,14-,15?/m0/s1. The molecule has 0 radical (unpaired) electrons. The average molecular weight is 292 g/mol. The van der Waals surface area contributed by atoms with Gasteiger partial charge in [-0.1, -0.05) is 13.8 Å². The minimum atomic E-state index is -0.470. The van der Waals surface area contributed by atoms with Gasteiger partial charge in [0.05, 0.1) is 13.3 Å². The quantitative estimate of drug-likeness (QED) is 0.357. The summed E-state index contributed by atoms with van der Waals surface area (Å²) in [6, 6.07) is 0. The predicted molar refractivity (Wildman–Crippen MR) is 81.4 cm³/mol. The van der Waals surface area contributed by atoms with Crippen LogP contribution in [-0.2, 0) is 0 Å². The van der Waals surface area contributed by atoms with Crippen LogP contribution in [-0.4, -0.2) is 60.8 Å². The minimum Gasteiger partial charge on any atom is -0.395 e. The molecule has 5 heteroatoms. The maximum absolute atomic E-state index is 12.4. The van der Waals surface area contributed by atoms with Crippen LogP contribution in [0.15, 0.2) is 0 Å². The fourth-order valence-corrected chi connectivity index (χ4v) is 2.23. The highest BCUT2D eigenvalue weighted by Gasteiger charge is 2.11. The summed E-state index contributed by atoms with van der Waals surface area (Å²) in [7, 11) is 0. The van der Waals surface area contributed by atoms with Crippen LogP contribution in [0.25, 0.3) is 0 Å². The van der Waals surface area contributed by atoms with Crippen LogP contribution in [0.2, 0.25) is 0 Å². The normalized spacial score (nSPS) is 16.4.